The molecule has 4 nitrogen and oxygen atoms in total. The fourth-order valence-corrected chi connectivity index (χ4v) is 7.32. The van der Waals surface area contributed by atoms with Crippen molar-refractivity contribution in [3.05, 3.63) is 176 Å². The molecule has 0 amide bonds. The van der Waals surface area contributed by atoms with E-state index in [4.69, 9.17) is 19.4 Å². The Bertz CT molecular complexity index is 2900. The van der Waals surface area contributed by atoms with E-state index in [1.165, 1.54) is 16.3 Å². The molecule has 0 unspecified atom stereocenters. The average molecular weight is 652 g/mol. The molecule has 0 aliphatic carbocycles. The smallest absolute Gasteiger partial charge is 0.164 e. The van der Waals surface area contributed by atoms with Gasteiger partial charge in [0.25, 0.3) is 0 Å². The van der Waals surface area contributed by atoms with Gasteiger partial charge in [-0.15, -0.1) is 0 Å². The monoisotopic (exact) mass is 651 g/mol. The third-order valence-corrected chi connectivity index (χ3v) is 9.76. The van der Waals surface area contributed by atoms with Gasteiger partial charge >= 0.3 is 0 Å². The van der Waals surface area contributed by atoms with Crippen LogP contribution in [0.2, 0.25) is 0 Å². The van der Waals surface area contributed by atoms with E-state index in [0.717, 1.165) is 66.1 Å². The molecule has 10 rings (SSSR count). The number of hydrogen-bond acceptors (Lipinski definition) is 4. The second kappa shape index (κ2) is 11.9. The van der Waals surface area contributed by atoms with Crippen LogP contribution in [0.4, 0.5) is 0 Å². The summed E-state index contributed by atoms with van der Waals surface area (Å²) in [6.45, 7) is 0. The summed E-state index contributed by atoms with van der Waals surface area (Å²) in [5, 5.41) is 6.82. The Hall–Kier alpha value is -6.91. The minimum absolute atomic E-state index is 0.631. The number of furan rings is 1. The molecule has 0 aliphatic heterocycles. The van der Waals surface area contributed by atoms with Crippen LogP contribution in [0.15, 0.2) is 180 Å². The van der Waals surface area contributed by atoms with E-state index in [9.17, 15) is 0 Å². The van der Waals surface area contributed by atoms with Crippen LogP contribution in [0.25, 0.3) is 99.9 Å². The Morgan fingerprint density at radius 2 is 0.824 bits per heavy atom. The van der Waals surface area contributed by atoms with Gasteiger partial charge in [-0.05, 0) is 62.0 Å². The highest BCUT2D eigenvalue weighted by Crippen LogP contribution is 2.43. The van der Waals surface area contributed by atoms with E-state index in [-0.39, 0.29) is 0 Å². The maximum atomic E-state index is 6.44. The maximum absolute atomic E-state index is 6.44. The van der Waals surface area contributed by atoms with E-state index in [0.29, 0.717) is 17.5 Å². The molecule has 0 atom stereocenters. The molecule has 0 saturated heterocycles. The lowest BCUT2D eigenvalue weighted by atomic mass is 9.91. The topological polar surface area (TPSA) is 51.8 Å². The van der Waals surface area contributed by atoms with Crippen molar-refractivity contribution in [1.29, 1.82) is 0 Å². The van der Waals surface area contributed by atoms with Crippen molar-refractivity contribution in [2.45, 2.75) is 0 Å². The molecule has 51 heavy (non-hydrogen) atoms. The highest BCUT2D eigenvalue weighted by molar-refractivity contribution is 6.24. The van der Waals surface area contributed by atoms with Crippen molar-refractivity contribution >= 4 is 43.5 Å². The minimum Gasteiger partial charge on any atom is -0.456 e. The molecule has 0 aliphatic rings. The molecule has 10 aromatic rings. The lowest BCUT2D eigenvalue weighted by Crippen LogP contribution is -2.00. The van der Waals surface area contributed by atoms with E-state index >= 15 is 0 Å². The van der Waals surface area contributed by atoms with Crippen molar-refractivity contribution in [3.8, 4) is 56.4 Å². The predicted octanol–water partition coefficient (Wildman–Crippen LogP) is 12.4. The Balaban J connectivity index is 1.17. The quantitative estimate of drug-likeness (QED) is 0.186. The molecule has 0 radical (unpaired) electrons. The van der Waals surface area contributed by atoms with Crippen molar-refractivity contribution < 1.29 is 4.42 Å². The van der Waals surface area contributed by atoms with Gasteiger partial charge in [0.1, 0.15) is 11.2 Å². The van der Waals surface area contributed by atoms with Crippen molar-refractivity contribution in [2.75, 3.05) is 0 Å². The standard InChI is InChI=1S/C47H29N3O/c1-3-12-30(13-4-1)31-22-24-34(25-23-31)46-48-45(33-15-5-2-6-16-33)49-47(50-46)40-28-27-38(36-18-9-10-19-37(36)40)39-20-11-21-41-44(39)43-35-17-8-7-14-32(35)26-29-42(43)51-41/h1-29H. The Morgan fingerprint density at radius 1 is 0.294 bits per heavy atom. The number of benzene rings is 8. The molecule has 0 bridgehead atoms. The zero-order chi connectivity index (χ0) is 33.7. The summed E-state index contributed by atoms with van der Waals surface area (Å²) in [5.74, 6) is 1.90. The first kappa shape index (κ1) is 29.0. The van der Waals surface area contributed by atoms with Crippen LogP contribution in [0, 0.1) is 0 Å². The second-order valence-corrected chi connectivity index (χ2v) is 12.8. The van der Waals surface area contributed by atoms with E-state index in [1.807, 2.05) is 36.4 Å². The third kappa shape index (κ3) is 4.96. The van der Waals surface area contributed by atoms with Gasteiger partial charge in [0, 0.05) is 27.5 Å². The van der Waals surface area contributed by atoms with Crippen molar-refractivity contribution in [2.24, 2.45) is 0 Å². The number of nitrogens with zero attached hydrogens (tertiary/aromatic N) is 3. The predicted molar refractivity (Wildman–Crippen MR) is 209 cm³/mol. The summed E-state index contributed by atoms with van der Waals surface area (Å²) >= 11 is 0. The van der Waals surface area contributed by atoms with Gasteiger partial charge in [-0.25, -0.2) is 15.0 Å². The molecule has 0 spiro atoms. The fraction of sp³-hybridized carbons (Fsp3) is 0. The van der Waals surface area contributed by atoms with Gasteiger partial charge < -0.3 is 4.42 Å². The first-order valence-electron chi connectivity index (χ1n) is 17.1. The summed E-state index contributed by atoms with van der Waals surface area (Å²) in [5.41, 5.74) is 9.16. The molecule has 0 N–H and O–H groups in total. The number of hydrogen-bond donors (Lipinski definition) is 0. The zero-order valence-corrected chi connectivity index (χ0v) is 27.5. The van der Waals surface area contributed by atoms with E-state index < -0.39 is 0 Å². The molecule has 0 fully saturated rings. The van der Waals surface area contributed by atoms with Crippen molar-refractivity contribution in [3.63, 3.8) is 0 Å². The number of rotatable bonds is 5. The summed E-state index contributed by atoms with van der Waals surface area (Å²) in [4.78, 5) is 15.2. The fourth-order valence-electron chi connectivity index (χ4n) is 7.32. The van der Waals surface area contributed by atoms with Crippen LogP contribution in [0.3, 0.4) is 0 Å². The van der Waals surface area contributed by atoms with Crippen LogP contribution < -0.4 is 0 Å². The normalized spacial score (nSPS) is 11.5. The molecule has 4 heteroatoms. The van der Waals surface area contributed by atoms with Crippen LogP contribution in [-0.2, 0) is 0 Å². The first-order chi connectivity index (χ1) is 25.3. The summed E-state index contributed by atoms with van der Waals surface area (Å²) in [7, 11) is 0. The van der Waals surface area contributed by atoms with E-state index in [1.54, 1.807) is 0 Å². The Labute approximate surface area is 294 Å². The number of aromatic nitrogens is 3. The molecular weight excluding hydrogens is 623 g/mol. The summed E-state index contributed by atoms with van der Waals surface area (Å²) in [6, 6.07) is 60.9. The maximum Gasteiger partial charge on any atom is 0.164 e. The lowest BCUT2D eigenvalue weighted by molar-refractivity contribution is 0.669. The van der Waals surface area contributed by atoms with Gasteiger partial charge in [0.2, 0.25) is 0 Å². The largest absolute Gasteiger partial charge is 0.456 e. The van der Waals surface area contributed by atoms with Gasteiger partial charge in [-0.3, -0.25) is 0 Å². The van der Waals surface area contributed by atoms with Crippen LogP contribution >= 0.6 is 0 Å². The van der Waals surface area contributed by atoms with Crippen molar-refractivity contribution in [1.82, 2.24) is 15.0 Å². The summed E-state index contributed by atoms with van der Waals surface area (Å²) in [6.07, 6.45) is 0. The van der Waals surface area contributed by atoms with Crippen LogP contribution in [0.5, 0.6) is 0 Å². The lowest BCUT2D eigenvalue weighted by Gasteiger charge is -2.14. The van der Waals surface area contributed by atoms with Gasteiger partial charge in [-0.2, -0.15) is 0 Å². The molecule has 2 aromatic heterocycles. The molecular formula is C47H29N3O. The molecule has 238 valence electrons. The highest BCUT2D eigenvalue weighted by atomic mass is 16.3. The van der Waals surface area contributed by atoms with Crippen LogP contribution in [-0.4, -0.2) is 15.0 Å². The van der Waals surface area contributed by atoms with E-state index in [2.05, 4.69) is 140 Å². The zero-order valence-electron chi connectivity index (χ0n) is 27.5. The minimum atomic E-state index is 0.631. The Kier molecular flexibility index (Phi) is 6.78. The molecule has 8 aromatic carbocycles. The van der Waals surface area contributed by atoms with Gasteiger partial charge in [0.05, 0.1) is 0 Å². The summed E-state index contributed by atoms with van der Waals surface area (Å²) < 4.78 is 6.44. The SMILES string of the molecule is c1ccc(-c2ccc(-c3nc(-c4ccccc4)nc(-c4ccc(-c5cccc6oc7ccc8ccccc8c7c56)c5ccccc45)n3)cc2)cc1. The van der Waals surface area contributed by atoms with Gasteiger partial charge in [-0.1, -0.05) is 158 Å². The average Bonchev–Trinajstić information content (AvgIpc) is 3.61. The molecule has 0 saturated carbocycles. The van der Waals surface area contributed by atoms with Crippen LogP contribution in [0.1, 0.15) is 0 Å². The molecule has 2 heterocycles. The Morgan fingerprint density at radius 3 is 1.57 bits per heavy atom. The second-order valence-electron chi connectivity index (χ2n) is 12.8. The third-order valence-electron chi connectivity index (χ3n) is 9.76. The highest BCUT2D eigenvalue weighted by Gasteiger charge is 2.19. The van der Waals surface area contributed by atoms with Gasteiger partial charge in [0.15, 0.2) is 17.5 Å². The first-order valence-corrected chi connectivity index (χ1v) is 17.1. The number of fused-ring (bicyclic) bond motifs is 6.